The average Bonchev–Trinajstić information content (AvgIpc) is 3.68. The molecule has 0 saturated carbocycles. The Morgan fingerprint density at radius 3 is 2.54 bits per heavy atom. The lowest BCUT2D eigenvalue weighted by atomic mass is 10.2. The molecular formula is C29H26FN7O2S2. The zero-order valence-electron chi connectivity index (χ0n) is 22.2. The van der Waals surface area contributed by atoms with Crippen molar-refractivity contribution in [3.05, 3.63) is 95.0 Å². The number of hydrogen-bond acceptors (Lipinski definition) is 9. The van der Waals surface area contributed by atoms with Crippen molar-refractivity contribution in [3.63, 3.8) is 0 Å². The fourth-order valence-corrected chi connectivity index (χ4v) is 6.43. The van der Waals surface area contributed by atoms with Crippen molar-refractivity contribution < 1.29 is 13.9 Å². The second-order valence-corrected chi connectivity index (χ2v) is 11.1. The van der Waals surface area contributed by atoms with Crippen molar-refractivity contribution in [2.75, 3.05) is 38.2 Å². The van der Waals surface area contributed by atoms with Gasteiger partial charge in [-0.1, -0.05) is 36.0 Å². The van der Waals surface area contributed by atoms with Crippen LogP contribution in [0.3, 0.4) is 0 Å². The van der Waals surface area contributed by atoms with Gasteiger partial charge in [0.15, 0.2) is 11.0 Å². The number of carbonyl (C=O) groups excluding carboxylic acids is 1. The maximum absolute atomic E-state index is 14.9. The third-order valence-corrected chi connectivity index (χ3v) is 8.71. The third-order valence-electron chi connectivity index (χ3n) is 6.73. The lowest BCUT2D eigenvalue weighted by molar-refractivity contribution is 0.0741. The summed E-state index contributed by atoms with van der Waals surface area (Å²) in [5.41, 5.74) is 2.54. The Morgan fingerprint density at radius 1 is 1.00 bits per heavy atom. The number of hydrogen-bond donors (Lipinski definition) is 0. The largest absolute Gasteiger partial charge is 0.495 e. The molecule has 208 valence electrons. The molecule has 0 aliphatic carbocycles. The molecule has 4 heterocycles. The van der Waals surface area contributed by atoms with Crippen molar-refractivity contribution >= 4 is 34.7 Å². The van der Waals surface area contributed by atoms with Gasteiger partial charge in [0, 0.05) is 49.5 Å². The van der Waals surface area contributed by atoms with Crippen molar-refractivity contribution in [2.24, 2.45) is 0 Å². The van der Waals surface area contributed by atoms with Gasteiger partial charge in [0.2, 0.25) is 0 Å². The van der Waals surface area contributed by atoms with Gasteiger partial charge in [0.1, 0.15) is 22.3 Å². The lowest BCUT2D eigenvalue weighted by Crippen LogP contribution is -2.49. The number of pyridine rings is 1. The minimum absolute atomic E-state index is 0.0782. The number of ether oxygens (including phenoxy) is 1. The number of para-hydroxylation sites is 3. The van der Waals surface area contributed by atoms with Gasteiger partial charge < -0.3 is 14.5 Å². The lowest BCUT2D eigenvalue weighted by Gasteiger charge is -2.36. The second-order valence-electron chi connectivity index (χ2n) is 9.20. The zero-order chi connectivity index (χ0) is 28.2. The predicted octanol–water partition coefficient (Wildman–Crippen LogP) is 5.19. The summed E-state index contributed by atoms with van der Waals surface area (Å²) in [6.07, 6.45) is 3.34. The molecule has 0 atom stereocenters. The topological polar surface area (TPSA) is 89.3 Å². The number of nitrogens with zero attached hydrogens (tertiary/aromatic N) is 7. The van der Waals surface area contributed by atoms with Crippen LogP contribution < -0.4 is 9.64 Å². The molecule has 0 bridgehead atoms. The Balaban J connectivity index is 1.14. The monoisotopic (exact) mass is 587 g/mol. The molecule has 1 aliphatic heterocycles. The highest BCUT2D eigenvalue weighted by Crippen LogP contribution is 2.32. The molecule has 2 aromatic carbocycles. The summed E-state index contributed by atoms with van der Waals surface area (Å²) >= 11 is 2.81. The smallest absolute Gasteiger partial charge is 0.273 e. The van der Waals surface area contributed by atoms with Crippen LogP contribution in [0.4, 0.5) is 10.1 Å². The number of thioether (sulfide) groups is 1. The van der Waals surface area contributed by atoms with E-state index in [1.807, 2.05) is 35.2 Å². The van der Waals surface area contributed by atoms with Crippen LogP contribution in [0.2, 0.25) is 0 Å². The fraction of sp³-hybridized carbons (Fsp3) is 0.207. The van der Waals surface area contributed by atoms with E-state index in [-0.39, 0.29) is 11.7 Å². The number of thiazole rings is 1. The van der Waals surface area contributed by atoms with Gasteiger partial charge in [0.25, 0.3) is 5.91 Å². The minimum atomic E-state index is -0.382. The van der Waals surface area contributed by atoms with Crippen molar-refractivity contribution in [1.82, 2.24) is 29.6 Å². The van der Waals surface area contributed by atoms with E-state index in [0.29, 0.717) is 54.3 Å². The standard InChI is InChI=1S/C29H26FN7O2S2/c1-39-25-11-5-4-10-24(25)35-13-15-36(16-14-35)28(38)22-18-40-26(32-22)19-41-29-34-33-27(20-7-6-12-31-17-20)37(29)23-9-3-2-8-21(23)30/h2-12,17-18H,13-16,19H2,1H3. The van der Waals surface area contributed by atoms with Crippen molar-refractivity contribution in [2.45, 2.75) is 10.9 Å². The van der Waals surface area contributed by atoms with Crippen LogP contribution in [0, 0.1) is 5.82 Å². The van der Waals surface area contributed by atoms with Gasteiger partial charge in [-0.15, -0.1) is 21.5 Å². The number of amides is 1. The van der Waals surface area contributed by atoms with Gasteiger partial charge >= 0.3 is 0 Å². The van der Waals surface area contributed by atoms with E-state index in [2.05, 4.69) is 25.1 Å². The fourth-order valence-electron chi connectivity index (χ4n) is 4.70. The zero-order valence-corrected chi connectivity index (χ0v) is 23.8. The number of rotatable bonds is 8. The highest BCUT2D eigenvalue weighted by atomic mass is 32.2. The molecule has 1 aliphatic rings. The van der Waals surface area contributed by atoms with Crippen LogP contribution in [0.1, 0.15) is 15.5 Å². The van der Waals surface area contributed by atoms with Crippen LogP contribution in [-0.4, -0.2) is 68.8 Å². The molecule has 3 aromatic heterocycles. The van der Waals surface area contributed by atoms with E-state index >= 15 is 0 Å². The molecule has 9 nitrogen and oxygen atoms in total. The molecule has 0 spiro atoms. The van der Waals surface area contributed by atoms with E-state index in [9.17, 15) is 9.18 Å². The molecule has 0 radical (unpaired) electrons. The first-order chi connectivity index (χ1) is 20.1. The SMILES string of the molecule is COc1ccccc1N1CCN(C(=O)c2csc(CSc3nnc(-c4cccnc4)n3-c3ccccc3F)n2)CC1. The quantitative estimate of drug-likeness (QED) is 0.229. The Morgan fingerprint density at radius 2 is 1.78 bits per heavy atom. The van der Waals surface area contributed by atoms with E-state index in [4.69, 9.17) is 4.74 Å². The molecule has 41 heavy (non-hydrogen) atoms. The molecule has 0 N–H and O–H groups in total. The second kappa shape index (κ2) is 12.1. The molecular weight excluding hydrogens is 561 g/mol. The Hall–Kier alpha value is -4.29. The number of piperazine rings is 1. The number of anilines is 1. The highest BCUT2D eigenvalue weighted by molar-refractivity contribution is 7.98. The molecule has 12 heteroatoms. The normalized spacial score (nSPS) is 13.4. The molecule has 1 saturated heterocycles. The van der Waals surface area contributed by atoms with E-state index in [1.54, 1.807) is 53.7 Å². The van der Waals surface area contributed by atoms with E-state index in [0.717, 1.165) is 22.0 Å². The van der Waals surface area contributed by atoms with Gasteiger partial charge in [-0.3, -0.25) is 14.3 Å². The highest BCUT2D eigenvalue weighted by Gasteiger charge is 2.26. The Bertz CT molecular complexity index is 1650. The number of aromatic nitrogens is 5. The predicted molar refractivity (Wildman–Crippen MR) is 157 cm³/mol. The average molecular weight is 588 g/mol. The first-order valence-corrected chi connectivity index (χ1v) is 14.8. The van der Waals surface area contributed by atoms with Crippen LogP contribution >= 0.6 is 23.1 Å². The van der Waals surface area contributed by atoms with Gasteiger partial charge in [-0.25, -0.2) is 9.37 Å². The van der Waals surface area contributed by atoms with Gasteiger partial charge in [-0.05, 0) is 36.4 Å². The Kier molecular flexibility index (Phi) is 7.92. The maximum Gasteiger partial charge on any atom is 0.273 e. The summed E-state index contributed by atoms with van der Waals surface area (Å²) in [4.78, 5) is 26.1. The van der Waals surface area contributed by atoms with Crippen LogP contribution in [0.25, 0.3) is 17.1 Å². The minimum Gasteiger partial charge on any atom is -0.495 e. The molecule has 5 aromatic rings. The molecule has 1 fully saturated rings. The summed E-state index contributed by atoms with van der Waals surface area (Å²) in [7, 11) is 1.67. The maximum atomic E-state index is 14.9. The van der Waals surface area contributed by atoms with E-state index < -0.39 is 0 Å². The Labute approximate surface area is 244 Å². The first-order valence-electron chi connectivity index (χ1n) is 13.0. The van der Waals surface area contributed by atoms with Crippen molar-refractivity contribution in [1.29, 1.82) is 0 Å². The third kappa shape index (κ3) is 5.66. The van der Waals surface area contributed by atoms with E-state index in [1.165, 1.54) is 29.2 Å². The van der Waals surface area contributed by atoms with Crippen molar-refractivity contribution in [3.8, 4) is 22.8 Å². The summed E-state index contributed by atoms with van der Waals surface area (Å²) in [5, 5.41) is 11.8. The molecule has 1 amide bonds. The summed E-state index contributed by atoms with van der Waals surface area (Å²) in [5.74, 6) is 1.32. The number of methoxy groups -OCH3 is 1. The van der Waals surface area contributed by atoms with Crippen LogP contribution in [-0.2, 0) is 5.75 Å². The summed E-state index contributed by atoms with van der Waals surface area (Å²) in [6.45, 7) is 2.62. The van der Waals surface area contributed by atoms with Crippen LogP contribution in [0.15, 0.2) is 83.6 Å². The number of benzene rings is 2. The summed E-state index contributed by atoms with van der Waals surface area (Å²) in [6, 6.07) is 18.1. The number of halogens is 1. The number of carbonyl (C=O) groups is 1. The van der Waals surface area contributed by atoms with Gasteiger partial charge in [-0.2, -0.15) is 0 Å². The summed E-state index contributed by atoms with van der Waals surface area (Å²) < 4.78 is 22.0. The van der Waals surface area contributed by atoms with Gasteiger partial charge in [0.05, 0.1) is 24.2 Å². The first kappa shape index (κ1) is 26.9. The molecule has 0 unspecified atom stereocenters. The van der Waals surface area contributed by atoms with Crippen LogP contribution in [0.5, 0.6) is 5.75 Å². The molecule has 6 rings (SSSR count).